The van der Waals surface area contributed by atoms with Gasteiger partial charge in [-0.15, -0.1) is 0 Å². The Hall–Kier alpha value is -2.91. The highest BCUT2D eigenvalue weighted by Gasteiger charge is 2.36. The van der Waals surface area contributed by atoms with Crippen LogP contribution in [0.4, 0.5) is 10.5 Å². The number of benzene rings is 2. The van der Waals surface area contributed by atoms with Crippen LogP contribution >= 0.6 is 31.9 Å². The van der Waals surface area contributed by atoms with Gasteiger partial charge < -0.3 is 9.47 Å². The van der Waals surface area contributed by atoms with E-state index in [1.54, 1.807) is 42.5 Å². The van der Waals surface area contributed by atoms with Crippen molar-refractivity contribution in [3.05, 3.63) is 69.1 Å². The normalized spacial score (nSPS) is 15.1. The Morgan fingerprint density at radius 1 is 1.06 bits per heavy atom. The van der Waals surface area contributed by atoms with Crippen LogP contribution < -0.4 is 19.7 Å². The summed E-state index contributed by atoms with van der Waals surface area (Å²) < 4.78 is 12.2. The molecule has 0 spiro atoms. The Bertz CT molecular complexity index is 1060. The molecule has 160 valence electrons. The third-order valence-electron chi connectivity index (χ3n) is 4.18. The number of hydrogen-bond acceptors (Lipinski definition) is 5. The summed E-state index contributed by atoms with van der Waals surface area (Å²) in [6.07, 6.45) is 3.03. The fourth-order valence-corrected chi connectivity index (χ4v) is 4.31. The predicted molar refractivity (Wildman–Crippen MR) is 124 cm³/mol. The minimum atomic E-state index is -0.813. The van der Waals surface area contributed by atoms with Gasteiger partial charge in [-0.25, -0.2) is 9.69 Å². The Labute approximate surface area is 196 Å². The SMILES string of the molecule is C=CCOc1c(Br)cc(/C=C2/C(=O)NC(=O)N(c3ccc(OCC)cc3)C2=O)cc1Br. The fourth-order valence-electron chi connectivity index (χ4n) is 2.86. The molecule has 2 aromatic carbocycles. The molecule has 0 unspecified atom stereocenters. The number of barbiturate groups is 1. The second kappa shape index (κ2) is 9.93. The molecule has 1 saturated heterocycles. The van der Waals surface area contributed by atoms with E-state index in [9.17, 15) is 14.4 Å². The third kappa shape index (κ3) is 5.05. The molecule has 0 radical (unpaired) electrons. The number of carbonyl (C=O) groups excluding carboxylic acids is 3. The minimum absolute atomic E-state index is 0.174. The Kier molecular flexibility index (Phi) is 7.29. The van der Waals surface area contributed by atoms with Gasteiger partial charge in [0.05, 0.1) is 21.2 Å². The molecule has 1 aliphatic heterocycles. The van der Waals surface area contributed by atoms with E-state index in [2.05, 4.69) is 43.8 Å². The highest BCUT2D eigenvalue weighted by Crippen LogP contribution is 2.36. The van der Waals surface area contributed by atoms with E-state index in [4.69, 9.17) is 9.47 Å². The van der Waals surface area contributed by atoms with E-state index >= 15 is 0 Å². The lowest BCUT2D eigenvalue weighted by Gasteiger charge is -2.26. The van der Waals surface area contributed by atoms with Crippen LogP contribution in [0.25, 0.3) is 6.08 Å². The summed E-state index contributed by atoms with van der Waals surface area (Å²) in [5.41, 5.74) is 0.705. The molecule has 0 bridgehead atoms. The standard InChI is InChI=1S/C22H18Br2N2O5/c1-3-9-31-19-17(23)11-13(12-18(19)24)10-16-20(27)25-22(29)26(21(16)28)14-5-7-15(8-6-14)30-4-2/h3,5-8,10-12H,1,4,9H2,2H3,(H,25,27,29)/b16-10-. The van der Waals surface area contributed by atoms with Crippen LogP contribution in [0.1, 0.15) is 12.5 Å². The second-order valence-corrected chi connectivity index (χ2v) is 8.01. The number of amides is 4. The maximum absolute atomic E-state index is 13.0. The number of imide groups is 2. The first-order valence-corrected chi connectivity index (χ1v) is 10.8. The average Bonchev–Trinajstić information content (AvgIpc) is 2.72. The van der Waals surface area contributed by atoms with Crippen LogP contribution in [0.5, 0.6) is 11.5 Å². The van der Waals surface area contributed by atoms with Gasteiger partial charge in [0.15, 0.2) is 0 Å². The lowest BCUT2D eigenvalue weighted by molar-refractivity contribution is -0.122. The number of nitrogens with zero attached hydrogens (tertiary/aromatic N) is 1. The number of halogens is 2. The Morgan fingerprint density at radius 3 is 2.29 bits per heavy atom. The van der Waals surface area contributed by atoms with Gasteiger partial charge in [0.2, 0.25) is 0 Å². The number of hydrogen-bond donors (Lipinski definition) is 1. The zero-order valence-electron chi connectivity index (χ0n) is 16.5. The van der Waals surface area contributed by atoms with Gasteiger partial charge in [0.25, 0.3) is 11.8 Å². The smallest absolute Gasteiger partial charge is 0.335 e. The molecule has 31 heavy (non-hydrogen) atoms. The monoisotopic (exact) mass is 548 g/mol. The van der Waals surface area contributed by atoms with Gasteiger partial charge in [0, 0.05) is 0 Å². The number of ether oxygens (including phenoxy) is 2. The topological polar surface area (TPSA) is 84.9 Å². The lowest BCUT2D eigenvalue weighted by Crippen LogP contribution is -2.54. The summed E-state index contributed by atoms with van der Waals surface area (Å²) in [5, 5.41) is 2.21. The van der Waals surface area contributed by atoms with Gasteiger partial charge in [-0.05, 0) is 86.8 Å². The molecule has 1 fully saturated rings. The lowest BCUT2D eigenvalue weighted by atomic mass is 10.1. The maximum atomic E-state index is 13.0. The van der Waals surface area contributed by atoms with Crippen molar-refractivity contribution in [2.24, 2.45) is 0 Å². The van der Waals surface area contributed by atoms with E-state index in [1.807, 2.05) is 6.92 Å². The van der Waals surface area contributed by atoms with Gasteiger partial charge in [-0.3, -0.25) is 14.9 Å². The summed E-state index contributed by atoms with van der Waals surface area (Å²) in [6.45, 7) is 6.28. The number of rotatable bonds is 7. The van der Waals surface area contributed by atoms with Crippen LogP contribution in [-0.4, -0.2) is 31.1 Å². The van der Waals surface area contributed by atoms with Crippen molar-refractivity contribution >= 4 is 61.5 Å². The quantitative estimate of drug-likeness (QED) is 0.303. The molecule has 9 heteroatoms. The van der Waals surface area contributed by atoms with Crippen LogP contribution in [0.15, 0.2) is 63.6 Å². The highest BCUT2D eigenvalue weighted by molar-refractivity contribution is 9.11. The summed E-state index contributed by atoms with van der Waals surface area (Å²) in [4.78, 5) is 38.7. The molecule has 1 aliphatic rings. The van der Waals surface area contributed by atoms with Crippen molar-refractivity contribution in [3.8, 4) is 11.5 Å². The molecular weight excluding hydrogens is 532 g/mol. The first-order chi connectivity index (χ1) is 14.8. The number of anilines is 1. The molecule has 0 aliphatic carbocycles. The largest absolute Gasteiger partial charge is 0.494 e. The van der Waals surface area contributed by atoms with Crippen LogP contribution in [0, 0.1) is 0 Å². The summed E-state index contributed by atoms with van der Waals surface area (Å²) in [6, 6.07) is 9.05. The van der Waals surface area contributed by atoms with Crippen LogP contribution in [0.3, 0.4) is 0 Å². The van der Waals surface area contributed by atoms with E-state index in [0.29, 0.717) is 44.9 Å². The zero-order chi connectivity index (χ0) is 22.5. The molecule has 0 saturated carbocycles. The van der Waals surface area contributed by atoms with Crippen LogP contribution in [-0.2, 0) is 9.59 Å². The molecule has 0 aromatic heterocycles. The van der Waals surface area contributed by atoms with Gasteiger partial charge in [0.1, 0.15) is 23.7 Å². The summed E-state index contributed by atoms with van der Waals surface area (Å²) in [5.74, 6) is -0.322. The van der Waals surface area contributed by atoms with Crippen molar-refractivity contribution in [2.45, 2.75) is 6.92 Å². The van der Waals surface area contributed by atoms with Crippen LogP contribution in [0.2, 0.25) is 0 Å². The van der Waals surface area contributed by atoms with Crippen molar-refractivity contribution < 1.29 is 23.9 Å². The molecule has 3 rings (SSSR count). The van der Waals surface area contributed by atoms with E-state index in [1.165, 1.54) is 6.08 Å². The molecule has 0 atom stereocenters. The molecule has 1 heterocycles. The van der Waals surface area contributed by atoms with E-state index < -0.39 is 17.8 Å². The minimum Gasteiger partial charge on any atom is -0.494 e. The Balaban J connectivity index is 1.94. The number of carbonyl (C=O) groups is 3. The number of urea groups is 1. The third-order valence-corrected chi connectivity index (χ3v) is 5.36. The van der Waals surface area contributed by atoms with Gasteiger partial charge in [-0.1, -0.05) is 12.7 Å². The van der Waals surface area contributed by atoms with Gasteiger partial charge >= 0.3 is 6.03 Å². The van der Waals surface area contributed by atoms with Crippen molar-refractivity contribution in [2.75, 3.05) is 18.1 Å². The maximum Gasteiger partial charge on any atom is 0.335 e. The molecule has 1 N–H and O–H groups in total. The second-order valence-electron chi connectivity index (χ2n) is 6.30. The fraction of sp³-hybridized carbons (Fsp3) is 0.136. The molecule has 4 amide bonds. The first-order valence-electron chi connectivity index (χ1n) is 9.22. The van der Waals surface area contributed by atoms with Crippen molar-refractivity contribution in [1.29, 1.82) is 0 Å². The zero-order valence-corrected chi connectivity index (χ0v) is 19.7. The Morgan fingerprint density at radius 2 is 1.71 bits per heavy atom. The number of nitrogens with one attached hydrogen (secondary N) is 1. The predicted octanol–water partition coefficient (Wildman–Crippen LogP) is 4.84. The highest BCUT2D eigenvalue weighted by atomic mass is 79.9. The first kappa shape index (κ1) is 22.8. The molecule has 7 nitrogen and oxygen atoms in total. The van der Waals surface area contributed by atoms with Gasteiger partial charge in [-0.2, -0.15) is 0 Å². The molecule has 2 aromatic rings. The molecular formula is C22H18Br2N2O5. The van der Waals surface area contributed by atoms with E-state index in [-0.39, 0.29) is 5.57 Å². The van der Waals surface area contributed by atoms with E-state index in [0.717, 1.165) is 4.90 Å². The summed E-state index contributed by atoms with van der Waals surface area (Å²) in [7, 11) is 0. The van der Waals surface area contributed by atoms with Crippen molar-refractivity contribution in [1.82, 2.24) is 5.32 Å². The van der Waals surface area contributed by atoms with Crippen molar-refractivity contribution in [3.63, 3.8) is 0 Å². The average molecular weight is 550 g/mol. The summed E-state index contributed by atoms with van der Waals surface area (Å²) >= 11 is 6.84.